The fraction of sp³-hybridized carbons (Fsp3) is 1.00. The highest BCUT2D eigenvalue weighted by Crippen LogP contribution is 2.26. The predicted molar refractivity (Wildman–Crippen MR) is 85.6 cm³/mol. The first-order valence-electron chi connectivity index (χ1n) is 8.37. The first-order chi connectivity index (χ1) is 8.95. The van der Waals surface area contributed by atoms with E-state index in [1.807, 2.05) is 0 Å². The van der Waals surface area contributed by atoms with E-state index in [4.69, 9.17) is 0 Å². The summed E-state index contributed by atoms with van der Waals surface area (Å²) in [7, 11) is 2.32. The highest BCUT2D eigenvalue weighted by molar-refractivity contribution is 4.80. The zero-order chi connectivity index (χ0) is 14.3. The van der Waals surface area contributed by atoms with Crippen molar-refractivity contribution in [2.24, 2.45) is 11.3 Å². The highest BCUT2D eigenvalue weighted by Gasteiger charge is 2.25. The molecule has 1 rings (SSSR count). The van der Waals surface area contributed by atoms with Gasteiger partial charge in [0.05, 0.1) is 0 Å². The molecule has 114 valence electrons. The largest absolute Gasteiger partial charge is 0.314 e. The Labute approximate surface area is 121 Å². The van der Waals surface area contributed by atoms with E-state index in [0.29, 0.717) is 11.5 Å². The molecule has 0 aromatic rings. The van der Waals surface area contributed by atoms with Gasteiger partial charge in [0, 0.05) is 25.7 Å². The summed E-state index contributed by atoms with van der Waals surface area (Å²) in [6.07, 6.45) is 8.54. The molecule has 1 unspecified atom stereocenters. The molecule has 0 spiro atoms. The van der Waals surface area contributed by atoms with Gasteiger partial charge in [-0.2, -0.15) is 0 Å². The van der Waals surface area contributed by atoms with E-state index in [0.717, 1.165) is 12.5 Å². The zero-order valence-corrected chi connectivity index (χ0v) is 14.0. The molecule has 0 aliphatic heterocycles. The normalized spacial score (nSPS) is 21.0. The topological polar surface area (TPSA) is 15.3 Å². The maximum absolute atomic E-state index is 3.62. The Morgan fingerprint density at radius 1 is 1.21 bits per heavy atom. The Hall–Kier alpha value is -0.0800. The van der Waals surface area contributed by atoms with Crippen LogP contribution < -0.4 is 5.32 Å². The van der Waals surface area contributed by atoms with Crippen molar-refractivity contribution in [2.75, 3.05) is 26.7 Å². The molecule has 1 N–H and O–H groups in total. The molecule has 0 heterocycles. The van der Waals surface area contributed by atoms with Crippen molar-refractivity contribution in [3.63, 3.8) is 0 Å². The third-order valence-electron chi connectivity index (χ3n) is 4.74. The van der Waals surface area contributed by atoms with Crippen molar-refractivity contribution in [2.45, 2.75) is 72.3 Å². The third-order valence-corrected chi connectivity index (χ3v) is 4.74. The van der Waals surface area contributed by atoms with Crippen molar-refractivity contribution in [3.05, 3.63) is 0 Å². The molecule has 1 saturated carbocycles. The zero-order valence-electron chi connectivity index (χ0n) is 14.0. The number of rotatable bonds is 8. The third kappa shape index (κ3) is 6.76. The van der Waals surface area contributed by atoms with Gasteiger partial charge in [-0.1, -0.05) is 47.0 Å². The summed E-state index contributed by atoms with van der Waals surface area (Å²) < 4.78 is 0. The average Bonchev–Trinajstić information content (AvgIpc) is 2.37. The maximum atomic E-state index is 3.62. The molecule has 0 radical (unpaired) electrons. The first-order valence-corrected chi connectivity index (χ1v) is 8.37. The van der Waals surface area contributed by atoms with E-state index in [2.05, 4.69) is 45.0 Å². The lowest BCUT2D eigenvalue weighted by atomic mass is 9.85. The van der Waals surface area contributed by atoms with Gasteiger partial charge in [-0.15, -0.1) is 0 Å². The van der Waals surface area contributed by atoms with Crippen LogP contribution in [-0.2, 0) is 0 Å². The summed E-state index contributed by atoms with van der Waals surface area (Å²) in [6.45, 7) is 12.9. The molecule has 2 nitrogen and oxygen atoms in total. The molecule has 1 atom stereocenters. The van der Waals surface area contributed by atoms with Crippen molar-refractivity contribution in [3.8, 4) is 0 Å². The van der Waals surface area contributed by atoms with Crippen LogP contribution in [0.4, 0.5) is 0 Å². The summed E-state index contributed by atoms with van der Waals surface area (Å²) in [5.74, 6) is 0.956. The quantitative estimate of drug-likeness (QED) is 0.718. The molecule has 0 saturated heterocycles. The maximum Gasteiger partial charge on any atom is 0.00444 e. The van der Waals surface area contributed by atoms with Gasteiger partial charge in [0.1, 0.15) is 0 Å². The van der Waals surface area contributed by atoms with Crippen LogP contribution >= 0.6 is 0 Å². The number of hydrogen-bond acceptors (Lipinski definition) is 2. The van der Waals surface area contributed by atoms with Crippen LogP contribution in [0.2, 0.25) is 0 Å². The van der Waals surface area contributed by atoms with Gasteiger partial charge in [-0.3, -0.25) is 0 Å². The molecule has 19 heavy (non-hydrogen) atoms. The fourth-order valence-corrected chi connectivity index (χ4v) is 3.27. The van der Waals surface area contributed by atoms with Crippen LogP contribution in [0.25, 0.3) is 0 Å². The number of hydrogen-bond donors (Lipinski definition) is 1. The minimum absolute atomic E-state index is 0.410. The van der Waals surface area contributed by atoms with Crippen LogP contribution in [0, 0.1) is 11.3 Å². The van der Waals surface area contributed by atoms with Crippen LogP contribution in [0.1, 0.15) is 66.2 Å². The molecule has 1 fully saturated rings. The molecule has 0 amide bonds. The Morgan fingerprint density at radius 3 is 2.37 bits per heavy atom. The minimum atomic E-state index is 0.410. The van der Waals surface area contributed by atoms with Gasteiger partial charge in [0.15, 0.2) is 0 Å². The van der Waals surface area contributed by atoms with Gasteiger partial charge in [-0.05, 0) is 37.6 Å². The lowest BCUT2D eigenvalue weighted by Crippen LogP contribution is -2.43. The highest BCUT2D eigenvalue weighted by atomic mass is 15.1. The van der Waals surface area contributed by atoms with Crippen LogP contribution in [0.15, 0.2) is 0 Å². The number of nitrogens with one attached hydrogen (secondary N) is 1. The molecular weight excluding hydrogens is 232 g/mol. The second kappa shape index (κ2) is 8.26. The van der Waals surface area contributed by atoms with Crippen LogP contribution in [0.5, 0.6) is 0 Å². The van der Waals surface area contributed by atoms with Gasteiger partial charge in [-0.25, -0.2) is 0 Å². The van der Waals surface area contributed by atoms with E-state index in [1.165, 1.54) is 51.6 Å². The molecule has 0 bridgehead atoms. The second-order valence-electron chi connectivity index (χ2n) is 7.40. The summed E-state index contributed by atoms with van der Waals surface area (Å²) in [5, 5.41) is 3.62. The Balaban J connectivity index is 2.35. The molecule has 0 aromatic carbocycles. The molecule has 1 aliphatic rings. The summed E-state index contributed by atoms with van der Waals surface area (Å²) >= 11 is 0. The van der Waals surface area contributed by atoms with E-state index < -0.39 is 0 Å². The van der Waals surface area contributed by atoms with Gasteiger partial charge >= 0.3 is 0 Å². The van der Waals surface area contributed by atoms with Crippen molar-refractivity contribution >= 4 is 0 Å². The Morgan fingerprint density at radius 2 is 1.84 bits per heavy atom. The standard InChI is InChI=1S/C17H36N2/c1-6-17(4,13-18-15(2)3)14-19(5)12-16-10-8-7-9-11-16/h15-16,18H,6-14H2,1-5H3. The second-order valence-corrected chi connectivity index (χ2v) is 7.40. The van der Waals surface area contributed by atoms with E-state index in [1.54, 1.807) is 0 Å². The molecule has 0 aromatic heterocycles. The monoisotopic (exact) mass is 268 g/mol. The predicted octanol–water partition coefficient (Wildman–Crippen LogP) is 3.91. The van der Waals surface area contributed by atoms with E-state index in [9.17, 15) is 0 Å². The van der Waals surface area contributed by atoms with E-state index >= 15 is 0 Å². The van der Waals surface area contributed by atoms with Crippen LogP contribution in [-0.4, -0.2) is 37.6 Å². The van der Waals surface area contributed by atoms with Gasteiger partial charge < -0.3 is 10.2 Å². The summed E-state index contributed by atoms with van der Waals surface area (Å²) in [4.78, 5) is 2.58. The van der Waals surface area contributed by atoms with Crippen molar-refractivity contribution in [1.82, 2.24) is 10.2 Å². The first kappa shape index (κ1) is 17.0. The molecule has 2 heteroatoms. The molecule has 1 aliphatic carbocycles. The average molecular weight is 268 g/mol. The SMILES string of the molecule is CCC(C)(CNC(C)C)CN(C)CC1CCCCC1. The Kier molecular flexibility index (Phi) is 7.38. The smallest absolute Gasteiger partial charge is 0.00444 e. The van der Waals surface area contributed by atoms with Crippen molar-refractivity contribution in [1.29, 1.82) is 0 Å². The fourth-order valence-electron chi connectivity index (χ4n) is 3.27. The van der Waals surface area contributed by atoms with Gasteiger partial charge in [0.2, 0.25) is 0 Å². The Bertz CT molecular complexity index is 233. The van der Waals surface area contributed by atoms with Crippen molar-refractivity contribution < 1.29 is 0 Å². The summed E-state index contributed by atoms with van der Waals surface area (Å²) in [6, 6.07) is 0.592. The summed E-state index contributed by atoms with van der Waals surface area (Å²) in [5.41, 5.74) is 0.410. The van der Waals surface area contributed by atoms with E-state index in [-0.39, 0.29) is 0 Å². The van der Waals surface area contributed by atoms with Gasteiger partial charge in [0.25, 0.3) is 0 Å². The lowest BCUT2D eigenvalue weighted by molar-refractivity contribution is 0.148. The number of nitrogens with zero attached hydrogens (tertiary/aromatic N) is 1. The van der Waals surface area contributed by atoms with Crippen LogP contribution in [0.3, 0.4) is 0 Å². The molecular formula is C17H36N2. The lowest BCUT2D eigenvalue weighted by Gasteiger charge is -2.36. The minimum Gasteiger partial charge on any atom is -0.314 e.